The zero-order chi connectivity index (χ0) is 14.8. The number of rotatable bonds is 4. The monoisotopic (exact) mass is 278 g/mol. The highest BCUT2D eigenvalue weighted by molar-refractivity contribution is 6.70. The van der Waals surface area contributed by atoms with Crippen molar-refractivity contribution in [2.75, 3.05) is 0 Å². The molecule has 1 aliphatic carbocycles. The van der Waals surface area contributed by atoms with E-state index in [0.29, 0.717) is 0 Å². The van der Waals surface area contributed by atoms with Crippen molar-refractivity contribution in [3.05, 3.63) is 35.1 Å². The second-order valence-electron chi connectivity index (χ2n) is 7.32. The lowest BCUT2D eigenvalue weighted by Gasteiger charge is -2.38. The molecule has 0 heterocycles. The first kappa shape index (κ1) is 16.3. The van der Waals surface area contributed by atoms with Gasteiger partial charge in [0.1, 0.15) is 5.76 Å². The molecular weight excluding hydrogens is 248 g/mol. The van der Waals surface area contributed by atoms with Gasteiger partial charge in [0.15, 0.2) is 0 Å². The van der Waals surface area contributed by atoms with Crippen molar-refractivity contribution in [2.45, 2.75) is 66.6 Å². The van der Waals surface area contributed by atoms with Crippen molar-refractivity contribution in [3.8, 4) is 0 Å². The normalized spacial score (nSPS) is 21.0. The van der Waals surface area contributed by atoms with E-state index in [-0.39, 0.29) is 5.41 Å². The Labute approximate surface area is 120 Å². The van der Waals surface area contributed by atoms with Gasteiger partial charge in [-0.05, 0) is 69.3 Å². The molecule has 0 aromatic rings. The van der Waals surface area contributed by atoms with E-state index in [1.165, 1.54) is 36.0 Å². The summed E-state index contributed by atoms with van der Waals surface area (Å²) in [6, 6.07) is 0. The van der Waals surface area contributed by atoms with Crippen LogP contribution in [-0.2, 0) is 4.43 Å². The van der Waals surface area contributed by atoms with Crippen LogP contribution in [-0.4, -0.2) is 8.32 Å². The topological polar surface area (TPSA) is 9.23 Å². The van der Waals surface area contributed by atoms with Gasteiger partial charge in [0.05, 0.1) is 0 Å². The summed E-state index contributed by atoms with van der Waals surface area (Å²) >= 11 is 0. The first-order chi connectivity index (χ1) is 8.58. The SMILES string of the molecule is C=C/C(C)=C(\O[Si](C)(C)C)C1=C(C)CCCC1(C)C. The van der Waals surface area contributed by atoms with Gasteiger partial charge in [-0.15, -0.1) is 0 Å². The van der Waals surface area contributed by atoms with Gasteiger partial charge in [-0.2, -0.15) is 0 Å². The van der Waals surface area contributed by atoms with Crippen LogP contribution >= 0.6 is 0 Å². The molecule has 0 aliphatic heterocycles. The van der Waals surface area contributed by atoms with Crippen LogP contribution in [0.15, 0.2) is 35.1 Å². The van der Waals surface area contributed by atoms with E-state index >= 15 is 0 Å². The van der Waals surface area contributed by atoms with Crippen molar-refractivity contribution in [1.29, 1.82) is 0 Å². The molecule has 0 N–H and O–H groups in total. The van der Waals surface area contributed by atoms with Gasteiger partial charge in [-0.3, -0.25) is 0 Å². The number of hydrogen-bond donors (Lipinski definition) is 0. The summed E-state index contributed by atoms with van der Waals surface area (Å²) in [5.74, 6) is 1.11. The molecule has 19 heavy (non-hydrogen) atoms. The lowest BCUT2D eigenvalue weighted by atomic mass is 9.71. The van der Waals surface area contributed by atoms with E-state index in [1.54, 1.807) is 0 Å². The first-order valence-corrected chi connectivity index (χ1v) is 10.7. The van der Waals surface area contributed by atoms with Gasteiger partial charge in [-0.1, -0.05) is 32.1 Å². The average Bonchev–Trinajstić information content (AvgIpc) is 2.23. The standard InChI is InChI=1S/C17H30OSi/c1-9-13(2)16(18-19(6,7)8)15-14(3)11-10-12-17(15,4)5/h9H,1,10-12H2,2-8H3/b16-13-. The molecule has 0 amide bonds. The Bertz CT molecular complexity index is 419. The fourth-order valence-corrected chi connectivity index (χ4v) is 3.73. The molecule has 0 radical (unpaired) electrons. The van der Waals surface area contributed by atoms with Gasteiger partial charge >= 0.3 is 0 Å². The van der Waals surface area contributed by atoms with Crippen molar-refractivity contribution in [3.63, 3.8) is 0 Å². The summed E-state index contributed by atoms with van der Waals surface area (Å²) in [6.45, 7) is 19.7. The van der Waals surface area contributed by atoms with E-state index in [0.717, 1.165) is 5.76 Å². The van der Waals surface area contributed by atoms with Crippen LogP contribution < -0.4 is 0 Å². The maximum absolute atomic E-state index is 6.43. The summed E-state index contributed by atoms with van der Waals surface area (Å²) in [6.07, 6.45) is 5.65. The van der Waals surface area contributed by atoms with Crippen LogP contribution in [0.25, 0.3) is 0 Å². The average molecular weight is 279 g/mol. The molecule has 0 fully saturated rings. The summed E-state index contributed by atoms with van der Waals surface area (Å²) in [5, 5.41) is 0. The van der Waals surface area contributed by atoms with Crippen LogP contribution in [0.3, 0.4) is 0 Å². The molecule has 0 spiro atoms. The molecular formula is C17H30OSi. The highest BCUT2D eigenvalue weighted by atomic mass is 28.4. The molecule has 1 aliphatic rings. The third kappa shape index (κ3) is 4.10. The van der Waals surface area contributed by atoms with E-state index in [2.05, 4.69) is 53.9 Å². The minimum atomic E-state index is -1.62. The maximum Gasteiger partial charge on any atom is 0.242 e. The fraction of sp³-hybridized carbons (Fsp3) is 0.647. The summed E-state index contributed by atoms with van der Waals surface area (Å²) < 4.78 is 6.43. The van der Waals surface area contributed by atoms with Crippen molar-refractivity contribution >= 4 is 8.32 Å². The number of allylic oxidation sites excluding steroid dienone is 4. The summed E-state index contributed by atoms with van der Waals surface area (Å²) in [7, 11) is -1.62. The molecule has 0 atom stereocenters. The van der Waals surface area contributed by atoms with Crippen LogP contribution in [0, 0.1) is 5.41 Å². The molecule has 0 aromatic carbocycles. The Morgan fingerprint density at radius 1 is 1.32 bits per heavy atom. The molecule has 1 rings (SSSR count). The molecule has 108 valence electrons. The Morgan fingerprint density at radius 3 is 2.32 bits per heavy atom. The van der Waals surface area contributed by atoms with Crippen molar-refractivity contribution in [2.24, 2.45) is 5.41 Å². The maximum atomic E-state index is 6.43. The third-order valence-corrected chi connectivity index (χ3v) is 4.57. The molecule has 0 saturated carbocycles. The minimum Gasteiger partial charge on any atom is -0.544 e. The van der Waals surface area contributed by atoms with Crippen molar-refractivity contribution < 1.29 is 4.43 Å². The number of hydrogen-bond acceptors (Lipinski definition) is 1. The molecule has 0 saturated heterocycles. The second-order valence-corrected chi connectivity index (χ2v) is 11.8. The van der Waals surface area contributed by atoms with Gasteiger partial charge in [0.2, 0.25) is 8.32 Å². The fourth-order valence-electron chi connectivity index (χ4n) is 2.85. The van der Waals surface area contributed by atoms with E-state index in [4.69, 9.17) is 4.43 Å². The smallest absolute Gasteiger partial charge is 0.242 e. The van der Waals surface area contributed by atoms with E-state index in [9.17, 15) is 0 Å². The zero-order valence-corrected chi connectivity index (χ0v) is 14.8. The third-order valence-electron chi connectivity index (χ3n) is 3.76. The largest absolute Gasteiger partial charge is 0.544 e. The quantitative estimate of drug-likeness (QED) is 0.357. The predicted octanol–water partition coefficient (Wildman–Crippen LogP) is 5.82. The highest BCUT2D eigenvalue weighted by Gasteiger charge is 2.34. The molecule has 0 aromatic heterocycles. The van der Waals surface area contributed by atoms with Crippen LogP contribution in [0.5, 0.6) is 0 Å². The minimum absolute atomic E-state index is 0.210. The summed E-state index contributed by atoms with van der Waals surface area (Å²) in [5.41, 5.74) is 4.30. The lowest BCUT2D eigenvalue weighted by Crippen LogP contribution is -2.30. The molecule has 2 heteroatoms. The Morgan fingerprint density at radius 2 is 1.89 bits per heavy atom. The van der Waals surface area contributed by atoms with Gasteiger partial charge < -0.3 is 4.43 Å². The molecule has 0 unspecified atom stereocenters. The Hall–Kier alpha value is -0.763. The van der Waals surface area contributed by atoms with Crippen LogP contribution in [0.4, 0.5) is 0 Å². The zero-order valence-electron chi connectivity index (χ0n) is 13.8. The lowest BCUT2D eigenvalue weighted by molar-refractivity contribution is 0.325. The Balaban J connectivity index is 3.37. The second kappa shape index (κ2) is 5.70. The van der Waals surface area contributed by atoms with E-state index in [1.807, 2.05) is 6.08 Å². The van der Waals surface area contributed by atoms with E-state index < -0.39 is 8.32 Å². The van der Waals surface area contributed by atoms with Gasteiger partial charge in [-0.25, -0.2) is 0 Å². The highest BCUT2D eigenvalue weighted by Crippen LogP contribution is 2.45. The predicted molar refractivity (Wildman–Crippen MR) is 87.7 cm³/mol. The Kier molecular flexibility index (Phi) is 4.89. The van der Waals surface area contributed by atoms with Crippen LogP contribution in [0.2, 0.25) is 19.6 Å². The molecule has 1 nitrogen and oxygen atoms in total. The van der Waals surface area contributed by atoms with Crippen molar-refractivity contribution in [1.82, 2.24) is 0 Å². The van der Waals surface area contributed by atoms with Gasteiger partial charge in [0, 0.05) is 0 Å². The summed E-state index contributed by atoms with van der Waals surface area (Å²) in [4.78, 5) is 0. The first-order valence-electron chi connectivity index (χ1n) is 7.31. The van der Waals surface area contributed by atoms with Gasteiger partial charge in [0.25, 0.3) is 0 Å². The molecule has 0 bridgehead atoms. The van der Waals surface area contributed by atoms with Crippen LogP contribution in [0.1, 0.15) is 47.0 Å².